The van der Waals surface area contributed by atoms with Crippen molar-refractivity contribution in [2.45, 2.75) is 52.1 Å². The van der Waals surface area contributed by atoms with Crippen LogP contribution in [0, 0.1) is 0 Å². The predicted molar refractivity (Wildman–Crippen MR) is 88.0 cm³/mol. The molecule has 0 aromatic carbocycles. The Morgan fingerprint density at radius 1 is 1.32 bits per heavy atom. The number of rotatable bonds is 5. The number of pyridine rings is 1. The van der Waals surface area contributed by atoms with Gasteiger partial charge in [0, 0.05) is 29.6 Å². The van der Waals surface area contributed by atoms with Gasteiger partial charge in [0.05, 0.1) is 17.1 Å². The molecule has 0 aliphatic carbocycles. The fourth-order valence-electron chi connectivity index (χ4n) is 2.04. The second-order valence-corrected chi connectivity index (χ2v) is 7.29. The van der Waals surface area contributed by atoms with Crippen molar-refractivity contribution in [2.24, 2.45) is 0 Å². The first-order valence-corrected chi connectivity index (χ1v) is 8.26. The summed E-state index contributed by atoms with van der Waals surface area (Å²) in [5, 5.41) is 2.98. The number of esters is 1. The Morgan fingerprint density at radius 3 is 2.59 bits per heavy atom. The molecule has 0 N–H and O–H groups in total. The zero-order valence-corrected chi connectivity index (χ0v) is 14.3. The number of hydrogen-bond acceptors (Lipinski definition) is 5. The van der Waals surface area contributed by atoms with E-state index in [1.807, 2.05) is 24.4 Å². The molecule has 0 bridgehead atoms. The lowest BCUT2D eigenvalue weighted by Gasteiger charge is -2.14. The first-order chi connectivity index (χ1) is 10.3. The molecule has 0 radical (unpaired) electrons. The average Bonchev–Trinajstić information content (AvgIpc) is 2.87. The topological polar surface area (TPSA) is 52.1 Å². The molecule has 2 aromatic rings. The largest absolute Gasteiger partial charge is 0.462 e. The molecule has 0 aliphatic rings. The summed E-state index contributed by atoms with van der Waals surface area (Å²) in [4.78, 5) is 20.5. The van der Waals surface area contributed by atoms with E-state index < -0.39 is 0 Å². The molecule has 2 heterocycles. The third-order valence-electron chi connectivity index (χ3n) is 3.12. The standard InChI is InChI=1S/C17H22N2O2S/c1-12(9-13-5-7-18-8-6-13)21-15(20)10-14-11-22-16(19-14)17(2,3)4/h5-8,11-12H,9-10H2,1-4H3/t12-/m0/s1. The maximum atomic E-state index is 12.0. The predicted octanol–water partition coefficient (Wildman–Crippen LogP) is 3.55. The summed E-state index contributed by atoms with van der Waals surface area (Å²) >= 11 is 1.59. The number of thiazole rings is 1. The highest BCUT2D eigenvalue weighted by atomic mass is 32.1. The Hall–Kier alpha value is -1.75. The van der Waals surface area contributed by atoms with Crippen molar-refractivity contribution in [1.29, 1.82) is 0 Å². The van der Waals surface area contributed by atoms with Gasteiger partial charge in [-0.05, 0) is 24.6 Å². The van der Waals surface area contributed by atoms with E-state index in [9.17, 15) is 4.79 Å². The van der Waals surface area contributed by atoms with Crippen LogP contribution in [-0.2, 0) is 27.8 Å². The van der Waals surface area contributed by atoms with Gasteiger partial charge in [-0.25, -0.2) is 4.98 Å². The van der Waals surface area contributed by atoms with Gasteiger partial charge in [-0.2, -0.15) is 0 Å². The van der Waals surface area contributed by atoms with Crippen LogP contribution >= 0.6 is 11.3 Å². The first-order valence-electron chi connectivity index (χ1n) is 7.38. The van der Waals surface area contributed by atoms with Crippen LogP contribution in [0.3, 0.4) is 0 Å². The van der Waals surface area contributed by atoms with E-state index in [0.717, 1.165) is 16.3 Å². The molecule has 0 saturated carbocycles. The molecule has 0 spiro atoms. The summed E-state index contributed by atoms with van der Waals surface area (Å²) in [5.74, 6) is -0.229. The van der Waals surface area contributed by atoms with Crippen LogP contribution in [0.15, 0.2) is 29.9 Å². The lowest BCUT2D eigenvalue weighted by atomic mass is 9.98. The zero-order valence-electron chi connectivity index (χ0n) is 13.5. The molecule has 5 heteroatoms. The van der Waals surface area contributed by atoms with E-state index in [4.69, 9.17) is 4.74 Å². The minimum absolute atomic E-state index is 0.0153. The molecular weight excluding hydrogens is 296 g/mol. The normalized spacial score (nSPS) is 12.9. The van der Waals surface area contributed by atoms with Gasteiger partial charge in [0.15, 0.2) is 0 Å². The number of ether oxygens (including phenoxy) is 1. The van der Waals surface area contributed by atoms with Gasteiger partial charge in [0.25, 0.3) is 0 Å². The van der Waals surface area contributed by atoms with Crippen molar-refractivity contribution in [3.8, 4) is 0 Å². The second-order valence-electron chi connectivity index (χ2n) is 6.43. The monoisotopic (exact) mass is 318 g/mol. The van der Waals surface area contributed by atoms with Crippen LogP contribution in [0.4, 0.5) is 0 Å². The van der Waals surface area contributed by atoms with Crippen LogP contribution in [0.1, 0.15) is 44.0 Å². The Balaban J connectivity index is 1.86. The summed E-state index contributed by atoms with van der Waals surface area (Å²) in [6, 6.07) is 3.86. The molecule has 4 nitrogen and oxygen atoms in total. The minimum Gasteiger partial charge on any atom is -0.462 e. The third-order valence-corrected chi connectivity index (χ3v) is 4.44. The molecule has 0 aliphatic heterocycles. The molecule has 0 amide bonds. The van der Waals surface area contributed by atoms with Gasteiger partial charge in [-0.3, -0.25) is 9.78 Å². The van der Waals surface area contributed by atoms with E-state index in [1.54, 1.807) is 23.7 Å². The van der Waals surface area contributed by atoms with E-state index in [0.29, 0.717) is 6.42 Å². The summed E-state index contributed by atoms with van der Waals surface area (Å²) in [5.41, 5.74) is 1.91. The van der Waals surface area contributed by atoms with Crippen LogP contribution < -0.4 is 0 Å². The Morgan fingerprint density at radius 2 is 2.00 bits per heavy atom. The molecule has 0 fully saturated rings. The third kappa shape index (κ3) is 4.91. The fraction of sp³-hybridized carbons (Fsp3) is 0.471. The van der Waals surface area contributed by atoms with E-state index in [2.05, 4.69) is 30.7 Å². The van der Waals surface area contributed by atoms with Crippen LogP contribution in [0.5, 0.6) is 0 Å². The number of carbonyl (C=O) groups excluding carboxylic acids is 1. The Labute approximate surface area is 135 Å². The molecule has 1 atom stereocenters. The van der Waals surface area contributed by atoms with Crippen molar-refractivity contribution < 1.29 is 9.53 Å². The van der Waals surface area contributed by atoms with Crippen molar-refractivity contribution in [3.63, 3.8) is 0 Å². The quantitative estimate of drug-likeness (QED) is 0.791. The smallest absolute Gasteiger partial charge is 0.312 e. The number of aromatic nitrogens is 2. The van der Waals surface area contributed by atoms with Gasteiger partial charge in [-0.1, -0.05) is 20.8 Å². The lowest BCUT2D eigenvalue weighted by Crippen LogP contribution is -2.19. The van der Waals surface area contributed by atoms with Crippen LogP contribution in [-0.4, -0.2) is 22.0 Å². The number of hydrogen-bond donors (Lipinski definition) is 0. The second kappa shape index (κ2) is 7.01. The first kappa shape index (κ1) is 16.6. The van der Waals surface area contributed by atoms with E-state index in [1.165, 1.54) is 0 Å². The lowest BCUT2D eigenvalue weighted by molar-refractivity contribution is -0.147. The molecule has 118 valence electrons. The maximum absolute atomic E-state index is 12.0. The highest BCUT2D eigenvalue weighted by Crippen LogP contribution is 2.25. The van der Waals surface area contributed by atoms with Crippen molar-refractivity contribution in [1.82, 2.24) is 9.97 Å². The molecule has 2 aromatic heterocycles. The zero-order chi connectivity index (χ0) is 16.2. The molecule has 0 saturated heterocycles. The fourth-order valence-corrected chi connectivity index (χ4v) is 2.95. The summed E-state index contributed by atoms with van der Waals surface area (Å²) < 4.78 is 5.46. The van der Waals surface area contributed by atoms with Gasteiger partial charge in [0.2, 0.25) is 0 Å². The van der Waals surface area contributed by atoms with E-state index in [-0.39, 0.29) is 23.9 Å². The highest BCUT2D eigenvalue weighted by Gasteiger charge is 2.19. The summed E-state index contributed by atoms with van der Waals surface area (Å²) in [7, 11) is 0. The molecular formula is C17H22N2O2S. The SMILES string of the molecule is C[C@@H](Cc1ccncc1)OC(=O)Cc1csc(C(C)(C)C)n1. The van der Waals surface area contributed by atoms with E-state index >= 15 is 0 Å². The molecule has 2 rings (SSSR count). The summed E-state index contributed by atoms with van der Waals surface area (Å²) in [6.07, 6.45) is 4.25. The minimum atomic E-state index is -0.229. The Kier molecular flexibility index (Phi) is 5.29. The van der Waals surface area contributed by atoms with Crippen LogP contribution in [0.25, 0.3) is 0 Å². The van der Waals surface area contributed by atoms with Crippen molar-refractivity contribution in [2.75, 3.05) is 0 Å². The van der Waals surface area contributed by atoms with Gasteiger partial charge >= 0.3 is 5.97 Å². The van der Waals surface area contributed by atoms with Gasteiger partial charge in [0.1, 0.15) is 6.10 Å². The number of nitrogens with zero attached hydrogens (tertiary/aromatic N) is 2. The van der Waals surface area contributed by atoms with Gasteiger partial charge in [-0.15, -0.1) is 11.3 Å². The highest BCUT2D eigenvalue weighted by molar-refractivity contribution is 7.09. The van der Waals surface area contributed by atoms with Gasteiger partial charge < -0.3 is 4.74 Å². The molecule has 22 heavy (non-hydrogen) atoms. The van der Waals surface area contributed by atoms with Crippen molar-refractivity contribution in [3.05, 3.63) is 46.2 Å². The van der Waals surface area contributed by atoms with Crippen molar-refractivity contribution >= 4 is 17.3 Å². The maximum Gasteiger partial charge on any atom is 0.312 e. The van der Waals surface area contributed by atoms with Crippen LogP contribution in [0.2, 0.25) is 0 Å². The average molecular weight is 318 g/mol. The summed E-state index contributed by atoms with van der Waals surface area (Å²) in [6.45, 7) is 8.25. The Bertz CT molecular complexity index is 617. The molecule has 0 unspecified atom stereocenters. The number of carbonyl (C=O) groups is 1.